The summed E-state index contributed by atoms with van der Waals surface area (Å²) in [6, 6.07) is 21.3. The van der Waals surface area contributed by atoms with Crippen molar-refractivity contribution in [2.75, 3.05) is 0 Å². The van der Waals surface area contributed by atoms with Crippen LogP contribution in [-0.4, -0.2) is 11.1 Å². The Balaban J connectivity index is 1.41. The highest BCUT2D eigenvalue weighted by atomic mass is 19.1. The van der Waals surface area contributed by atoms with Crippen molar-refractivity contribution in [2.24, 2.45) is 17.8 Å². The van der Waals surface area contributed by atoms with Gasteiger partial charge in [-0.05, 0) is 115 Å². The third kappa shape index (κ3) is 4.77. The third-order valence-corrected chi connectivity index (χ3v) is 9.12. The Labute approximate surface area is 224 Å². The molecule has 0 heterocycles. The van der Waals surface area contributed by atoms with Crippen molar-refractivity contribution in [3.05, 3.63) is 94.8 Å². The molecule has 4 bridgehead atoms. The molecule has 0 unspecified atom stereocenters. The Morgan fingerprint density at radius 2 is 1.66 bits per heavy atom. The molecule has 4 saturated carbocycles. The van der Waals surface area contributed by atoms with Gasteiger partial charge in [0.15, 0.2) is 0 Å². The molecular weight excluding hydrogens is 475 g/mol. The minimum Gasteiger partial charge on any atom is -0.489 e. The Morgan fingerprint density at radius 1 is 0.974 bits per heavy atom. The van der Waals surface area contributed by atoms with Crippen LogP contribution in [0.1, 0.15) is 68.6 Å². The number of ether oxygens (including phenoxy) is 1. The van der Waals surface area contributed by atoms with Crippen molar-refractivity contribution in [2.45, 2.75) is 63.9 Å². The van der Waals surface area contributed by atoms with E-state index in [1.165, 1.54) is 50.2 Å². The van der Waals surface area contributed by atoms with E-state index in [1.807, 2.05) is 37.3 Å². The maximum absolute atomic E-state index is 15.2. The molecule has 38 heavy (non-hydrogen) atoms. The fourth-order valence-electron chi connectivity index (χ4n) is 7.78. The van der Waals surface area contributed by atoms with Crippen molar-refractivity contribution in [1.29, 1.82) is 0 Å². The largest absolute Gasteiger partial charge is 0.489 e. The Bertz CT molecular complexity index is 1340. The highest BCUT2D eigenvalue weighted by Crippen LogP contribution is 2.62. The van der Waals surface area contributed by atoms with E-state index < -0.39 is 5.97 Å². The summed E-state index contributed by atoms with van der Waals surface area (Å²) in [7, 11) is 0. The van der Waals surface area contributed by atoms with Crippen LogP contribution in [0.2, 0.25) is 0 Å². The molecule has 0 saturated heterocycles. The molecular formula is C34H35FO3. The maximum Gasteiger partial charge on any atom is 0.331 e. The number of halogens is 1. The second kappa shape index (κ2) is 10.1. The molecule has 0 aliphatic heterocycles. The van der Waals surface area contributed by atoms with Gasteiger partial charge in [0.2, 0.25) is 0 Å². The third-order valence-electron chi connectivity index (χ3n) is 9.12. The van der Waals surface area contributed by atoms with Gasteiger partial charge < -0.3 is 9.84 Å². The van der Waals surface area contributed by atoms with E-state index in [0.717, 1.165) is 34.6 Å². The molecule has 3 aromatic carbocycles. The van der Waals surface area contributed by atoms with Gasteiger partial charge in [0.05, 0.1) is 0 Å². The molecule has 4 heteroatoms. The molecule has 3 aromatic rings. The molecule has 196 valence electrons. The van der Waals surface area contributed by atoms with Gasteiger partial charge in [-0.2, -0.15) is 0 Å². The van der Waals surface area contributed by atoms with Gasteiger partial charge >= 0.3 is 5.97 Å². The number of carbonyl (C=O) groups is 1. The molecule has 0 spiro atoms. The molecule has 1 N–H and O–H groups in total. The first-order valence-corrected chi connectivity index (χ1v) is 14.0. The molecule has 7 rings (SSSR count). The number of hydrogen-bond donors (Lipinski definition) is 1. The van der Waals surface area contributed by atoms with Gasteiger partial charge in [-0.3, -0.25) is 0 Å². The molecule has 0 radical (unpaired) electrons. The van der Waals surface area contributed by atoms with E-state index in [0.29, 0.717) is 29.7 Å². The van der Waals surface area contributed by atoms with Crippen LogP contribution in [-0.2, 0) is 16.8 Å². The number of hydrogen-bond acceptors (Lipinski definition) is 2. The number of carboxylic acids is 1. The highest BCUT2D eigenvalue weighted by molar-refractivity contribution is 5.92. The summed E-state index contributed by atoms with van der Waals surface area (Å²) in [5, 5.41) is 9.47. The molecule has 0 amide bonds. The number of aliphatic carboxylic acids is 1. The predicted octanol–water partition coefficient (Wildman–Crippen LogP) is 8.42. The topological polar surface area (TPSA) is 46.5 Å². The zero-order valence-electron chi connectivity index (χ0n) is 22.0. The molecule has 4 aliphatic carbocycles. The van der Waals surface area contributed by atoms with Crippen molar-refractivity contribution < 1.29 is 19.0 Å². The SMILES string of the molecule is CCC(=Cc1ccc(F)c(-c2ccc(OCc3ccccc3)c(C34CC5CC(CC(C5)C3)C4)c2)c1)C(=O)O. The first-order chi connectivity index (χ1) is 18.4. The van der Waals surface area contributed by atoms with Crippen molar-refractivity contribution >= 4 is 12.0 Å². The second-order valence-electron chi connectivity index (χ2n) is 11.8. The van der Waals surface area contributed by atoms with E-state index in [9.17, 15) is 9.90 Å². The van der Waals surface area contributed by atoms with Crippen LogP contribution >= 0.6 is 0 Å². The lowest BCUT2D eigenvalue weighted by molar-refractivity contribution is -0.132. The fraction of sp³-hybridized carbons (Fsp3) is 0.382. The van der Waals surface area contributed by atoms with Gasteiger partial charge in [0.1, 0.15) is 18.2 Å². The Hall–Kier alpha value is -3.40. The van der Waals surface area contributed by atoms with Crippen LogP contribution in [0.5, 0.6) is 5.75 Å². The van der Waals surface area contributed by atoms with Gasteiger partial charge in [0.25, 0.3) is 0 Å². The van der Waals surface area contributed by atoms with Crippen LogP contribution < -0.4 is 4.74 Å². The maximum atomic E-state index is 15.2. The van der Waals surface area contributed by atoms with Crippen LogP contribution in [0.4, 0.5) is 4.39 Å². The quantitative estimate of drug-likeness (QED) is 0.309. The number of carboxylic acid groups (broad SMARTS) is 1. The minimum atomic E-state index is -0.942. The summed E-state index contributed by atoms with van der Waals surface area (Å²) in [5.41, 5.74) is 4.77. The van der Waals surface area contributed by atoms with E-state index in [-0.39, 0.29) is 11.2 Å². The van der Waals surface area contributed by atoms with Crippen molar-refractivity contribution in [3.63, 3.8) is 0 Å². The highest BCUT2D eigenvalue weighted by Gasteiger charge is 2.52. The normalized spacial score (nSPS) is 25.9. The van der Waals surface area contributed by atoms with Gasteiger partial charge in [-0.25, -0.2) is 9.18 Å². The summed E-state index contributed by atoms with van der Waals surface area (Å²) in [4.78, 5) is 11.6. The average Bonchev–Trinajstić information content (AvgIpc) is 2.91. The number of rotatable bonds is 8. The molecule has 4 fully saturated rings. The summed E-state index contributed by atoms with van der Waals surface area (Å²) in [5.74, 6) is 2.00. The number of benzene rings is 3. The van der Waals surface area contributed by atoms with Crippen LogP contribution in [0.15, 0.2) is 72.3 Å². The summed E-state index contributed by atoms with van der Waals surface area (Å²) in [6.07, 6.45) is 9.67. The summed E-state index contributed by atoms with van der Waals surface area (Å²) in [6.45, 7) is 2.32. The fourth-order valence-corrected chi connectivity index (χ4v) is 7.78. The lowest BCUT2D eigenvalue weighted by atomic mass is 9.48. The van der Waals surface area contributed by atoms with Crippen LogP contribution in [0.3, 0.4) is 0 Å². The standard InChI is InChI=1S/C34H35FO3/c1-2-27(33(36)37)15-23-8-10-31(35)29(16-23)28-9-11-32(38-21-22-6-4-3-5-7-22)30(17-28)34-18-24-12-25(19-34)14-26(13-24)20-34/h3-11,15-17,24-26H,2,12-14,18-21H2,1H3,(H,36,37). The molecule has 3 nitrogen and oxygen atoms in total. The predicted molar refractivity (Wildman–Crippen MR) is 148 cm³/mol. The van der Waals surface area contributed by atoms with E-state index >= 15 is 4.39 Å². The molecule has 0 aromatic heterocycles. The summed E-state index contributed by atoms with van der Waals surface area (Å²) >= 11 is 0. The lowest BCUT2D eigenvalue weighted by Crippen LogP contribution is -2.48. The average molecular weight is 511 g/mol. The zero-order chi connectivity index (χ0) is 26.3. The smallest absolute Gasteiger partial charge is 0.331 e. The van der Waals surface area contributed by atoms with Gasteiger partial charge in [0, 0.05) is 16.7 Å². The van der Waals surface area contributed by atoms with Gasteiger partial charge in [-0.15, -0.1) is 0 Å². The van der Waals surface area contributed by atoms with Crippen LogP contribution in [0.25, 0.3) is 17.2 Å². The first kappa shape index (κ1) is 24.9. The monoisotopic (exact) mass is 510 g/mol. The van der Waals surface area contributed by atoms with E-state index in [2.05, 4.69) is 18.2 Å². The lowest BCUT2D eigenvalue weighted by Gasteiger charge is -2.57. The van der Waals surface area contributed by atoms with E-state index in [1.54, 1.807) is 18.2 Å². The molecule has 4 aliphatic rings. The second-order valence-corrected chi connectivity index (χ2v) is 11.8. The van der Waals surface area contributed by atoms with E-state index in [4.69, 9.17) is 4.74 Å². The Morgan fingerprint density at radius 3 is 2.29 bits per heavy atom. The zero-order valence-corrected chi connectivity index (χ0v) is 22.0. The Kier molecular flexibility index (Phi) is 6.59. The molecule has 0 atom stereocenters. The van der Waals surface area contributed by atoms with Crippen molar-refractivity contribution in [3.8, 4) is 16.9 Å². The minimum absolute atomic E-state index is 0.0868. The summed E-state index contributed by atoms with van der Waals surface area (Å²) < 4.78 is 21.7. The van der Waals surface area contributed by atoms with Crippen molar-refractivity contribution in [1.82, 2.24) is 0 Å². The van der Waals surface area contributed by atoms with Crippen LogP contribution in [0, 0.1) is 23.6 Å². The first-order valence-electron chi connectivity index (χ1n) is 14.0. The van der Waals surface area contributed by atoms with Gasteiger partial charge in [-0.1, -0.05) is 49.4 Å².